The lowest BCUT2D eigenvalue weighted by atomic mass is 10.2. The van der Waals surface area contributed by atoms with Gasteiger partial charge in [-0.3, -0.25) is 4.31 Å². The van der Waals surface area contributed by atoms with E-state index >= 15 is 0 Å². The van der Waals surface area contributed by atoms with Gasteiger partial charge in [-0.2, -0.15) is 0 Å². The minimum absolute atomic E-state index is 0.247. The second-order valence-electron chi connectivity index (χ2n) is 6.57. The minimum Gasteiger partial charge on any atom is -0.332 e. The number of halogens is 1. The Bertz CT molecular complexity index is 1150. The fraction of sp³-hybridized carbons (Fsp3) is 0.0952. The molecule has 1 aliphatic heterocycles. The van der Waals surface area contributed by atoms with Crippen LogP contribution in [0.15, 0.2) is 77.7 Å². The highest BCUT2D eigenvalue weighted by Gasteiger charge is 2.30. The standard InChI is InChI=1S/C21H18ClN3O2S2/c22-16-5-7-17(8-6-16)23-21(28)24-18-9-11-19(12-10-18)29(26,27)25-14-13-15-3-1-2-4-20(15)25/h1-12H,13-14H2,(H2,23,24,28). The summed E-state index contributed by atoms with van der Waals surface area (Å²) in [7, 11) is -3.61. The lowest BCUT2D eigenvalue weighted by Gasteiger charge is -2.20. The molecule has 0 aromatic heterocycles. The third kappa shape index (κ3) is 4.22. The molecule has 3 aromatic carbocycles. The molecule has 1 heterocycles. The highest BCUT2D eigenvalue weighted by atomic mass is 35.5. The summed E-state index contributed by atoms with van der Waals surface area (Å²) in [6, 6.07) is 21.3. The number of nitrogens with zero attached hydrogens (tertiary/aromatic N) is 1. The number of rotatable bonds is 4. The summed E-state index contributed by atoms with van der Waals surface area (Å²) in [5.41, 5.74) is 3.30. The first-order valence-corrected chi connectivity index (χ1v) is 11.2. The topological polar surface area (TPSA) is 61.4 Å². The first-order chi connectivity index (χ1) is 13.9. The fourth-order valence-electron chi connectivity index (χ4n) is 3.22. The number of anilines is 3. The van der Waals surface area contributed by atoms with E-state index in [0.717, 1.165) is 23.4 Å². The molecule has 29 heavy (non-hydrogen) atoms. The lowest BCUT2D eigenvalue weighted by Crippen LogP contribution is -2.29. The van der Waals surface area contributed by atoms with Crippen LogP contribution in [0.3, 0.4) is 0 Å². The van der Waals surface area contributed by atoms with Gasteiger partial charge in [0.2, 0.25) is 0 Å². The summed E-state index contributed by atoms with van der Waals surface area (Å²) in [5.74, 6) is 0. The molecule has 1 aliphatic rings. The lowest BCUT2D eigenvalue weighted by molar-refractivity contribution is 0.592. The Morgan fingerprint density at radius 3 is 2.14 bits per heavy atom. The van der Waals surface area contributed by atoms with Crippen LogP contribution < -0.4 is 14.9 Å². The maximum atomic E-state index is 13.1. The molecule has 0 unspecified atom stereocenters. The minimum atomic E-state index is -3.61. The zero-order chi connectivity index (χ0) is 20.4. The molecule has 0 fully saturated rings. The van der Waals surface area contributed by atoms with Gasteiger partial charge in [0.25, 0.3) is 10.0 Å². The Morgan fingerprint density at radius 1 is 0.897 bits per heavy atom. The SMILES string of the molecule is O=S(=O)(c1ccc(NC(=S)Nc2ccc(Cl)cc2)cc1)N1CCc2ccccc21. The monoisotopic (exact) mass is 443 g/mol. The summed E-state index contributed by atoms with van der Waals surface area (Å²) in [5, 5.41) is 7.15. The van der Waals surface area contributed by atoms with Crippen molar-refractivity contribution >= 4 is 56.0 Å². The number of hydrogen-bond donors (Lipinski definition) is 2. The number of fused-ring (bicyclic) bond motifs is 1. The summed E-state index contributed by atoms with van der Waals surface area (Å²) < 4.78 is 27.6. The van der Waals surface area contributed by atoms with Crippen molar-refractivity contribution in [1.82, 2.24) is 0 Å². The molecule has 3 aromatic rings. The molecular weight excluding hydrogens is 426 g/mol. The number of hydrogen-bond acceptors (Lipinski definition) is 3. The number of thiocarbonyl (C=S) groups is 1. The summed E-state index contributed by atoms with van der Waals surface area (Å²) in [6.45, 7) is 0.455. The number of benzene rings is 3. The van der Waals surface area contributed by atoms with E-state index < -0.39 is 10.0 Å². The first-order valence-electron chi connectivity index (χ1n) is 8.98. The Morgan fingerprint density at radius 2 is 1.48 bits per heavy atom. The second kappa shape index (κ2) is 8.02. The van der Waals surface area contributed by atoms with E-state index in [1.54, 1.807) is 36.4 Å². The molecule has 0 atom stereocenters. The molecule has 4 rings (SSSR count). The fourth-order valence-corrected chi connectivity index (χ4v) is 5.09. The average Bonchev–Trinajstić information content (AvgIpc) is 3.15. The average molecular weight is 444 g/mol. The van der Waals surface area contributed by atoms with Crippen molar-refractivity contribution in [2.24, 2.45) is 0 Å². The molecule has 8 heteroatoms. The van der Waals surface area contributed by atoms with Crippen LogP contribution in [0.2, 0.25) is 5.02 Å². The van der Waals surface area contributed by atoms with E-state index in [-0.39, 0.29) is 4.90 Å². The van der Waals surface area contributed by atoms with E-state index in [9.17, 15) is 8.42 Å². The highest BCUT2D eigenvalue weighted by Crippen LogP contribution is 2.32. The molecule has 0 spiro atoms. The van der Waals surface area contributed by atoms with Gasteiger partial charge in [-0.05, 0) is 78.8 Å². The quantitative estimate of drug-likeness (QED) is 0.561. The van der Waals surface area contributed by atoms with Gasteiger partial charge in [-0.1, -0.05) is 29.8 Å². The van der Waals surface area contributed by atoms with Crippen LogP contribution in [-0.2, 0) is 16.4 Å². The molecule has 148 valence electrons. The maximum absolute atomic E-state index is 13.1. The van der Waals surface area contributed by atoms with Crippen molar-refractivity contribution in [3.63, 3.8) is 0 Å². The van der Waals surface area contributed by atoms with Crippen molar-refractivity contribution in [3.8, 4) is 0 Å². The van der Waals surface area contributed by atoms with Gasteiger partial charge < -0.3 is 10.6 Å². The Labute approximate surface area is 180 Å². The smallest absolute Gasteiger partial charge is 0.264 e. The molecule has 0 radical (unpaired) electrons. The van der Waals surface area contributed by atoms with Crippen molar-refractivity contribution in [1.29, 1.82) is 0 Å². The Kier molecular flexibility index (Phi) is 5.45. The van der Waals surface area contributed by atoms with Crippen molar-refractivity contribution in [2.45, 2.75) is 11.3 Å². The van der Waals surface area contributed by atoms with Crippen LogP contribution in [0.25, 0.3) is 0 Å². The van der Waals surface area contributed by atoms with Gasteiger partial charge in [0, 0.05) is 22.9 Å². The van der Waals surface area contributed by atoms with Crippen molar-refractivity contribution in [3.05, 3.63) is 83.4 Å². The second-order valence-corrected chi connectivity index (χ2v) is 9.27. The van der Waals surface area contributed by atoms with Crippen LogP contribution >= 0.6 is 23.8 Å². The van der Waals surface area contributed by atoms with Gasteiger partial charge in [-0.25, -0.2) is 8.42 Å². The molecular formula is C21H18ClN3O2S2. The number of sulfonamides is 1. The van der Waals surface area contributed by atoms with Gasteiger partial charge in [0.1, 0.15) is 0 Å². The number of nitrogens with one attached hydrogen (secondary N) is 2. The molecule has 0 saturated heterocycles. The third-order valence-corrected chi connectivity index (χ3v) is 6.93. The predicted octanol–water partition coefficient (Wildman–Crippen LogP) is 4.90. The zero-order valence-electron chi connectivity index (χ0n) is 15.3. The maximum Gasteiger partial charge on any atom is 0.264 e. The molecule has 0 amide bonds. The van der Waals surface area contributed by atoms with E-state index in [2.05, 4.69) is 10.6 Å². The van der Waals surface area contributed by atoms with Crippen LogP contribution in [0.5, 0.6) is 0 Å². The van der Waals surface area contributed by atoms with E-state index in [4.69, 9.17) is 23.8 Å². The van der Waals surface area contributed by atoms with E-state index in [1.165, 1.54) is 4.31 Å². The van der Waals surface area contributed by atoms with E-state index in [1.807, 2.05) is 36.4 Å². The Hall–Kier alpha value is -2.61. The van der Waals surface area contributed by atoms with Gasteiger partial charge in [0.05, 0.1) is 10.6 Å². The van der Waals surface area contributed by atoms with Crippen molar-refractivity contribution < 1.29 is 8.42 Å². The first kappa shape index (κ1) is 19.7. The molecule has 0 aliphatic carbocycles. The zero-order valence-corrected chi connectivity index (χ0v) is 17.7. The van der Waals surface area contributed by atoms with Crippen LogP contribution in [0, 0.1) is 0 Å². The summed E-state index contributed by atoms with van der Waals surface area (Å²) in [6.07, 6.45) is 0.722. The predicted molar refractivity (Wildman–Crippen MR) is 122 cm³/mol. The molecule has 5 nitrogen and oxygen atoms in total. The van der Waals surface area contributed by atoms with E-state index in [0.29, 0.717) is 22.4 Å². The van der Waals surface area contributed by atoms with Crippen LogP contribution in [-0.4, -0.2) is 20.1 Å². The highest BCUT2D eigenvalue weighted by molar-refractivity contribution is 7.92. The number of para-hydroxylation sites is 1. The largest absolute Gasteiger partial charge is 0.332 e. The summed E-state index contributed by atoms with van der Waals surface area (Å²) in [4.78, 5) is 0.247. The van der Waals surface area contributed by atoms with Gasteiger partial charge in [-0.15, -0.1) is 0 Å². The molecule has 0 bridgehead atoms. The molecule has 2 N–H and O–H groups in total. The summed E-state index contributed by atoms with van der Waals surface area (Å²) >= 11 is 11.2. The van der Waals surface area contributed by atoms with Crippen LogP contribution in [0.4, 0.5) is 17.1 Å². The molecule has 0 saturated carbocycles. The van der Waals surface area contributed by atoms with Gasteiger partial charge in [0.15, 0.2) is 5.11 Å². The Balaban J connectivity index is 1.46. The van der Waals surface area contributed by atoms with Crippen molar-refractivity contribution in [2.75, 3.05) is 21.5 Å². The van der Waals surface area contributed by atoms with Gasteiger partial charge >= 0.3 is 0 Å². The normalized spacial score (nSPS) is 13.1. The third-order valence-electron chi connectivity index (χ3n) is 4.65. The van der Waals surface area contributed by atoms with Crippen LogP contribution in [0.1, 0.15) is 5.56 Å².